The predicted octanol–water partition coefficient (Wildman–Crippen LogP) is 5.54. The number of anilines is 4. The number of carbonyl (C=O) groups is 3. The van der Waals surface area contributed by atoms with Crippen molar-refractivity contribution in [3.05, 3.63) is 84.4 Å². The molecule has 0 saturated carbocycles. The van der Waals surface area contributed by atoms with Crippen molar-refractivity contribution in [1.82, 2.24) is 5.32 Å². The number of nitrogens with zero attached hydrogens (tertiary/aromatic N) is 2. The monoisotopic (exact) mass is 498 g/mol. The van der Waals surface area contributed by atoms with Crippen LogP contribution in [0.1, 0.15) is 33.3 Å². The Bertz CT molecular complexity index is 1280. The number of aryl methyl sites for hydroxylation is 1. The first-order valence-electron chi connectivity index (χ1n) is 12.6. The van der Waals surface area contributed by atoms with E-state index in [0.29, 0.717) is 11.4 Å². The summed E-state index contributed by atoms with van der Waals surface area (Å²) in [5.74, 6) is -0.399. The van der Waals surface area contributed by atoms with Crippen LogP contribution in [0.25, 0.3) is 0 Å². The summed E-state index contributed by atoms with van der Waals surface area (Å²) in [4.78, 5) is 43.6. The fourth-order valence-corrected chi connectivity index (χ4v) is 4.28. The van der Waals surface area contributed by atoms with Gasteiger partial charge >= 0.3 is 6.03 Å². The van der Waals surface area contributed by atoms with Crippen LogP contribution >= 0.6 is 0 Å². The second kappa shape index (κ2) is 10.9. The standard InChI is InChI=1S/C30H34N4O3/c1-5-21-12-11-13-22(18-21)31-29(37)32-24-19-33(23-14-7-6-8-15-23)25-16-9-10-17-26(25)34(28(24)36)20-27(35)30(2,3)4/h6-18,24H,5,19-20H2,1-4H3,(H2,31,32,37)/t24-/m1/s1. The molecule has 2 N–H and O–H groups in total. The van der Waals surface area contributed by atoms with Crippen molar-refractivity contribution >= 4 is 40.5 Å². The van der Waals surface area contributed by atoms with Gasteiger partial charge in [-0.05, 0) is 48.4 Å². The lowest BCUT2D eigenvalue weighted by Crippen LogP contribution is -2.54. The molecule has 0 spiro atoms. The largest absolute Gasteiger partial charge is 0.337 e. The predicted molar refractivity (Wildman–Crippen MR) is 148 cm³/mol. The molecule has 3 aromatic carbocycles. The number of amides is 3. The Balaban J connectivity index is 1.70. The van der Waals surface area contributed by atoms with E-state index in [4.69, 9.17) is 0 Å². The highest BCUT2D eigenvalue weighted by Crippen LogP contribution is 2.37. The van der Waals surface area contributed by atoms with Crippen LogP contribution in [0.15, 0.2) is 78.9 Å². The van der Waals surface area contributed by atoms with Gasteiger partial charge in [0.15, 0.2) is 5.78 Å². The third-order valence-electron chi connectivity index (χ3n) is 6.50. The second-order valence-electron chi connectivity index (χ2n) is 10.2. The summed E-state index contributed by atoms with van der Waals surface area (Å²) in [7, 11) is 0. The van der Waals surface area contributed by atoms with Crippen molar-refractivity contribution in [2.45, 2.75) is 40.2 Å². The van der Waals surface area contributed by atoms with Gasteiger partial charge in [-0.1, -0.05) is 70.2 Å². The molecule has 0 bridgehead atoms. The molecular formula is C30H34N4O3. The maximum absolute atomic E-state index is 13.9. The van der Waals surface area contributed by atoms with Crippen LogP contribution in [0.3, 0.4) is 0 Å². The molecule has 0 aliphatic carbocycles. The van der Waals surface area contributed by atoms with Gasteiger partial charge in [0.25, 0.3) is 5.91 Å². The van der Waals surface area contributed by atoms with E-state index in [1.807, 2.05) is 111 Å². The van der Waals surface area contributed by atoms with Crippen LogP contribution in [-0.2, 0) is 16.0 Å². The lowest BCUT2D eigenvalue weighted by atomic mass is 9.90. The number of benzene rings is 3. The highest BCUT2D eigenvalue weighted by Gasteiger charge is 2.37. The molecule has 0 fully saturated rings. The summed E-state index contributed by atoms with van der Waals surface area (Å²) in [6.07, 6.45) is 0.847. The average Bonchev–Trinajstić information content (AvgIpc) is 2.99. The number of urea groups is 1. The van der Waals surface area contributed by atoms with Gasteiger partial charge in [0.2, 0.25) is 0 Å². The van der Waals surface area contributed by atoms with Gasteiger partial charge in [0.05, 0.1) is 24.5 Å². The molecule has 4 rings (SSSR count). The number of para-hydroxylation sites is 3. The van der Waals surface area contributed by atoms with Crippen LogP contribution in [-0.4, -0.2) is 36.9 Å². The molecule has 1 aliphatic heterocycles. The molecule has 3 aromatic rings. The summed E-state index contributed by atoms with van der Waals surface area (Å²) in [6.45, 7) is 7.70. The fraction of sp³-hybridized carbons (Fsp3) is 0.300. The van der Waals surface area contributed by atoms with Crippen molar-refractivity contribution in [3.63, 3.8) is 0 Å². The van der Waals surface area contributed by atoms with E-state index in [1.54, 1.807) is 0 Å². The minimum absolute atomic E-state index is 0.0663. The van der Waals surface area contributed by atoms with Crippen LogP contribution in [0, 0.1) is 5.41 Å². The summed E-state index contributed by atoms with van der Waals surface area (Å²) < 4.78 is 0. The molecule has 3 amide bonds. The van der Waals surface area contributed by atoms with Gasteiger partial charge in [0, 0.05) is 16.8 Å². The van der Waals surface area contributed by atoms with E-state index in [2.05, 4.69) is 10.6 Å². The minimum Gasteiger partial charge on any atom is -0.337 e. The number of ketones is 1. The summed E-state index contributed by atoms with van der Waals surface area (Å²) in [6, 6.07) is 23.5. The molecule has 192 valence electrons. The molecule has 1 aliphatic rings. The first kappa shape index (κ1) is 25.9. The van der Waals surface area contributed by atoms with Crippen LogP contribution in [0.5, 0.6) is 0 Å². The molecule has 0 unspecified atom stereocenters. The highest BCUT2D eigenvalue weighted by atomic mass is 16.2. The summed E-state index contributed by atoms with van der Waals surface area (Å²) in [5, 5.41) is 5.73. The fourth-order valence-electron chi connectivity index (χ4n) is 4.28. The Kier molecular flexibility index (Phi) is 7.62. The van der Waals surface area contributed by atoms with E-state index < -0.39 is 17.5 Å². The Morgan fingerprint density at radius 1 is 0.919 bits per heavy atom. The first-order chi connectivity index (χ1) is 17.7. The SMILES string of the molecule is CCc1cccc(NC(=O)N[C@@H]2CN(c3ccccc3)c3ccccc3N(CC(=O)C(C)(C)C)C2=O)c1. The molecule has 0 aromatic heterocycles. The molecule has 0 saturated heterocycles. The van der Waals surface area contributed by atoms with E-state index >= 15 is 0 Å². The van der Waals surface area contributed by atoms with E-state index in [9.17, 15) is 14.4 Å². The molecule has 7 heteroatoms. The zero-order chi connectivity index (χ0) is 26.6. The van der Waals surface area contributed by atoms with E-state index in [0.717, 1.165) is 23.4 Å². The molecule has 1 atom stereocenters. The number of nitrogens with one attached hydrogen (secondary N) is 2. The normalized spacial score (nSPS) is 15.6. The number of fused-ring (bicyclic) bond motifs is 1. The lowest BCUT2D eigenvalue weighted by Gasteiger charge is -2.28. The van der Waals surface area contributed by atoms with Gasteiger partial charge in [-0.3, -0.25) is 9.59 Å². The van der Waals surface area contributed by atoms with E-state index in [-0.39, 0.29) is 24.8 Å². The Morgan fingerprint density at radius 3 is 2.27 bits per heavy atom. The quantitative estimate of drug-likeness (QED) is 0.468. The highest BCUT2D eigenvalue weighted by molar-refractivity contribution is 6.08. The van der Waals surface area contributed by atoms with Crippen LogP contribution < -0.4 is 20.4 Å². The average molecular weight is 499 g/mol. The van der Waals surface area contributed by atoms with Gasteiger partial charge in [0.1, 0.15) is 6.04 Å². The zero-order valence-corrected chi connectivity index (χ0v) is 21.8. The van der Waals surface area contributed by atoms with Gasteiger partial charge in [-0.15, -0.1) is 0 Å². The Labute approximate surface area is 218 Å². The Hall–Kier alpha value is -4.13. The minimum atomic E-state index is -0.894. The maximum Gasteiger partial charge on any atom is 0.319 e. The topological polar surface area (TPSA) is 81.8 Å². The van der Waals surface area contributed by atoms with Crippen molar-refractivity contribution in [2.24, 2.45) is 5.41 Å². The molecule has 1 heterocycles. The van der Waals surface area contributed by atoms with Gasteiger partial charge in [-0.25, -0.2) is 4.79 Å². The Morgan fingerprint density at radius 2 is 1.59 bits per heavy atom. The number of hydrogen-bond donors (Lipinski definition) is 2. The van der Waals surface area contributed by atoms with Gasteiger partial charge in [-0.2, -0.15) is 0 Å². The lowest BCUT2D eigenvalue weighted by molar-refractivity contribution is -0.127. The maximum atomic E-state index is 13.9. The van der Waals surface area contributed by atoms with E-state index in [1.165, 1.54) is 4.90 Å². The number of carbonyl (C=O) groups excluding carboxylic acids is 3. The first-order valence-corrected chi connectivity index (χ1v) is 12.6. The zero-order valence-electron chi connectivity index (χ0n) is 21.8. The second-order valence-corrected chi connectivity index (χ2v) is 10.2. The summed E-state index contributed by atoms with van der Waals surface area (Å²) in [5.41, 5.74) is 3.44. The molecule has 7 nitrogen and oxygen atoms in total. The molecular weight excluding hydrogens is 464 g/mol. The third-order valence-corrected chi connectivity index (χ3v) is 6.50. The number of Topliss-reactive ketones (excluding diaryl/α,β-unsaturated/α-hetero) is 1. The van der Waals surface area contributed by atoms with Crippen LogP contribution in [0.4, 0.5) is 27.5 Å². The smallest absolute Gasteiger partial charge is 0.319 e. The molecule has 37 heavy (non-hydrogen) atoms. The third kappa shape index (κ3) is 6.00. The van der Waals surface area contributed by atoms with Crippen molar-refractivity contribution in [3.8, 4) is 0 Å². The number of rotatable bonds is 6. The molecule has 0 radical (unpaired) electrons. The van der Waals surface area contributed by atoms with Gasteiger partial charge < -0.3 is 20.4 Å². The van der Waals surface area contributed by atoms with Crippen molar-refractivity contribution < 1.29 is 14.4 Å². The van der Waals surface area contributed by atoms with Crippen molar-refractivity contribution in [2.75, 3.05) is 28.2 Å². The van der Waals surface area contributed by atoms with Crippen LogP contribution in [0.2, 0.25) is 0 Å². The summed E-state index contributed by atoms with van der Waals surface area (Å²) >= 11 is 0. The van der Waals surface area contributed by atoms with Crippen molar-refractivity contribution in [1.29, 1.82) is 0 Å². The number of hydrogen-bond acceptors (Lipinski definition) is 4.